The Hall–Kier alpha value is -3.63. The number of ether oxygens (including phenoxy) is 3. The summed E-state index contributed by atoms with van der Waals surface area (Å²) in [6.07, 6.45) is 16.0. The predicted molar refractivity (Wildman–Crippen MR) is 193 cm³/mol. The van der Waals surface area contributed by atoms with Crippen molar-refractivity contribution in [2.24, 2.45) is 0 Å². The molecule has 1 aliphatic carbocycles. The molecule has 4 aromatic carbocycles. The summed E-state index contributed by atoms with van der Waals surface area (Å²) >= 11 is 0. The molecule has 0 aromatic heterocycles. The summed E-state index contributed by atoms with van der Waals surface area (Å²) in [5, 5.41) is 10.6. The van der Waals surface area contributed by atoms with E-state index in [1.807, 2.05) is 0 Å². The Morgan fingerprint density at radius 3 is 2.11 bits per heavy atom. The second-order valence-electron chi connectivity index (χ2n) is 13.0. The fourth-order valence-corrected chi connectivity index (χ4v) is 6.58. The lowest BCUT2D eigenvalue weighted by Gasteiger charge is -2.29. The molecule has 0 atom stereocenters. The Balaban J connectivity index is 1.08. The summed E-state index contributed by atoms with van der Waals surface area (Å²) in [5.74, 6) is 2.38. The highest BCUT2D eigenvalue weighted by Gasteiger charge is 2.23. The van der Waals surface area contributed by atoms with Gasteiger partial charge in [-0.1, -0.05) is 94.8 Å². The first kappa shape index (κ1) is 33.7. The maximum absolute atomic E-state index is 8.15. The van der Waals surface area contributed by atoms with Crippen molar-refractivity contribution >= 4 is 17.0 Å². The smallest absolute Gasteiger partial charge is 0.119 e. The zero-order chi connectivity index (χ0) is 32.0. The molecule has 244 valence electrons. The predicted octanol–water partition coefficient (Wildman–Crippen LogP) is 11.7. The van der Waals surface area contributed by atoms with Gasteiger partial charge in [0.25, 0.3) is 0 Å². The van der Waals surface area contributed by atoms with Gasteiger partial charge in [0.2, 0.25) is 0 Å². The molecule has 0 bridgehead atoms. The van der Waals surface area contributed by atoms with Crippen molar-refractivity contribution in [2.45, 2.75) is 110 Å². The third-order valence-electron chi connectivity index (χ3n) is 9.44. The van der Waals surface area contributed by atoms with Gasteiger partial charge in [-0.2, -0.15) is 0 Å². The van der Waals surface area contributed by atoms with E-state index in [1.165, 1.54) is 60.2 Å². The SMILES string of the molecule is CCCCCCCCOc1ccc(-c2ccc(C3CCC(OCc4ccc5cc(OCCCC)ccc5c4)CC3)cc2C=N)cc1. The number of hydrogen-bond donors (Lipinski definition) is 1. The van der Waals surface area contributed by atoms with Gasteiger partial charge in [0.15, 0.2) is 0 Å². The van der Waals surface area contributed by atoms with Crippen LogP contribution >= 0.6 is 0 Å². The van der Waals surface area contributed by atoms with Crippen LogP contribution < -0.4 is 9.47 Å². The Morgan fingerprint density at radius 1 is 0.652 bits per heavy atom. The lowest BCUT2D eigenvalue weighted by molar-refractivity contribution is 0.0134. The van der Waals surface area contributed by atoms with Crippen molar-refractivity contribution in [3.05, 3.63) is 95.6 Å². The monoisotopic (exact) mass is 619 g/mol. The fraction of sp³-hybridized carbons (Fsp3) is 0.452. The normalized spacial score (nSPS) is 16.4. The van der Waals surface area contributed by atoms with Gasteiger partial charge in [0.05, 0.1) is 25.9 Å². The van der Waals surface area contributed by atoms with E-state index >= 15 is 0 Å². The second kappa shape index (κ2) is 17.9. The van der Waals surface area contributed by atoms with E-state index in [0.29, 0.717) is 18.6 Å². The van der Waals surface area contributed by atoms with Crippen LogP contribution in [0.5, 0.6) is 11.5 Å². The van der Waals surface area contributed by atoms with E-state index in [1.54, 1.807) is 0 Å². The average molecular weight is 620 g/mol. The average Bonchev–Trinajstić information content (AvgIpc) is 3.10. The topological polar surface area (TPSA) is 51.5 Å². The molecule has 0 heterocycles. The zero-order valence-corrected chi connectivity index (χ0v) is 28.1. The first-order chi connectivity index (χ1) is 22.7. The van der Waals surface area contributed by atoms with Crippen molar-refractivity contribution < 1.29 is 14.2 Å². The maximum atomic E-state index is 8.15. The van der Waals surface area contributed by atoms with Crippen LogP contribution in [-0.2, 0) is 11.3 Å². The minimum absolute atomic E-state index is 0.296. The molecule has 1 fully saturated rings. The summed E-state index contributed by atoms with van der Waals surface area (Å²) in [6, 6.07) is 28.0. The van der Waals surface area contributed by atoms with E-state index in [-0.39, 0.29) is 0 Å². The molecule has 0 aliphatic heterocycles. The van der Waals surface area contributed by atoms with Crippen molar-refractivity contribution in [1.29, 1.82) is 5.41 Å². The summed E-state index contributed by atoms with van der Waals surface area (Å²) in [5.41, 5.74) is 5.77. The summed E-state index contributed by atoms with van der Waals surface area (Å²) in [4.78, 5) is 0. The van der Waals surface area contributed by atoms with Gasteiger partial charge in [0.1, 0.15) is 11.5 Å². The molecular formula is C42H53NO3. The molecular weight excluding hydrogens is 566 g/mol. The molecule has 0 radical (unpaired) electrons. The minimum Gasteiger partial charge on any atom is -0.494 e. The summed E-state index contributed by atoms with van der Waals surface area (Å²) in [6.45, 7) is 6.63. The van der Waals surface area contributed by atoms with Gasteiger partial charge in [0, 0.05) is 11.8 Å². The van der Waals surface area contributed by atoms with Crippen LogP contribution in [0.1, 0.15) is 114 Å². The highest BCUT2D eigenvalue weighted by molar-refractivity contribution is 5.89. The largest absolute Gasteiger partial charge is 0.494 e. The molecule has 5 rings (SSSR count). The first-order valence-corrected chi connectivity index (χ1v) is 17.8. The molecule has 4 aromatic rings. The van der Waals surface area contributed by atoms with Gasteiger partial charge in [-0.3, -0.25) is 0 Å². The first-order valence-electron chi connectivity index (χ1n) is 17.8. The van der Waals surface area contributed by atoms with Crippen molar-refractivity contribution in [3.63, 3.8) is 0 Å². The highest BCUT2D eigenvalue weighted by Crippen LogP contribution is 2.36. The van der Waals surface area contributed by atoms with Gasteiger partial charge in [-0.05, 0) is 114 Å². The number of rotatable bonds is 18. The van der Waals surface area contributed by atoms with Crippen LogP contribution in [0.3, 0.4) is 0 Å². The Bertz CT molecular complexity index is 1500. The third kappa shape index (κ3) is 9.69. The van der Waals surface area contributed by atoms with E-state index < -0.39 is 0 Å². The molecule has 4 nitrogen and oxygen atoms in total. The lowest BCUT2D eigenvalue weighted by atomic mass is 9.81. The second-order valence-corrected chi connectivity index (χ2v) is 13.0. The third-order valence-corrected chi connectivity index (χ3v) is 9.44. The molecule has 1 saturated carbocycles. The van der Waals surface area contributed by atoms with Crippen LogP contribution in [0.25, 0.3) is 21.9 Å². The van der Waals surface area contributed by atoms with Gasteiger partial charge in [-0.25, -0.2) is 0 Å². The fourth-order valence-electron chi connectivity index (χ4n) is 6.58. The van der Waals surface area contributed by atoms with Crippen LogP contribution in [-0.4, -0.2) is 25.5 Å². The molecule has 4 heteroatoms. The quantitative estimate of drug-likeness (QED) is 0.0890. The van der Waals surface area contributed by atoms with E-state index in [4.69, 9.17) is 19.6 Å². The number of fused-ring (bicyclic) bond motifs is 1. The molecule has 0 saturated heterocycles. The van der Waals surface area contributed by atoms with E-state index in [2.05, 4.69) is 92.7 Å². The Kier molecular flexibility index (Phi) is 13.1. The number of unbranched alkanes of at least 4 members (excludes halogenated alkanes) is 6. The van der Waals surface area contributed by atoms with Crippen molar-refractivity contribution in [1.82, 2.24) is 0 Å². The maximum Gasteiger partial charge on any atom is 0.119 e. The number of benzene rings is 4. The van der Waals surface area contributed by atoms with E-state index in [0.717, 1.165) is 86.3 Å². The minimum atomic E-state index is 0.296. The van der Waals surface area contributed by atoms with Crippen molar-refractivity contribution in [2.75, 3.05) is 13.2 Å². The Morgan fingerprint density at radius 2 is 1.33 bits per heavy atom. The summed E-state index contributed by atoms with van der Waals surface area (Å²) in [7, 11) is 0. The van der Waals surface area contributed by atoms with Gasteiger partial charge < -0.3 is 19.6 Å². The number of nitrogens with one attached hydrogen (secondary N) is 1. The van der Waals surface area contributed by atoms with Crippen LogP contribution in [0, 0.1) is 5.41 Å². The summed E-state index contributed by atoms with van der Waals surface area (Å²) < 4.78 is 18.3. The molecule has 1 aliphatic rings. The van der Waals surface area contributed by atoms with Gasteiger partial charge >= 0.3 is 0 Å². The molecule has 0 unspecified atom stereocenters. The van der Waals surface area contributed by atoms with E-state index in [9.17, 15) is 0 Å². The van der Waals surface area contributed by atoms with Crippen LogP contribution in [0.4, 0.5) is 0 Å². The molecule has 0 spiro atoms. The molecule has 1 N–H and O–H groups in total. The van der Waals surface area contributed by atoms with Crippen molar-refractivity contribution in [3.8, 4) is 22.6 Å². The molecule has 46 heavy (non-hydrogen) atoms. The highest BCUT2D eigenvalue weighted by atomic mass is 16.5. The molecule has 0 amide bonds. The number of hydrogen-bond acceptors (Lipinski definition) is 4. The zero-order valence-electron chi connectivity index (χ0n) is 28.1. The van der Waals surface area contributed by atoms with Crippen LogP contribution in [0.2, 0.25) is 0 Å². The van der Waals surface area contributed by atoms with Crippen LogP contribution in [0.15, 0.2) is 78.9 Å². The lowest BCUT2D eigenvalue weighted by Crippen LogP contribution is -2.20. The standard InChI is InChI=1S/C42H53NO3/c1-3-5-7-8-9-10-26-44-39-21-15-34(16-22-39)42-24-18-36(28-38(42)30-43)33-13-19-40(20-14-33)46-31-32-11-12-37-29-41(45-25-6-4-2)23-17-35(37)27-32/h11-12,15-18,21-24,27-30,33,40,43H,3-10,13-14,19-20,25-26,31H2,1-2H3. The van der Waals surface area contributed by atoms with Gasteiger partial charge in [-0.15, -0.1) is 0 Å². The Labute approximate surface area is 277 Å².